The van der Waals surface area contributed by atoms with Gasteiger partial charge in [0.1, 0.15) is 11.5 Å². The monoisotopic (exact) mass is 492 g/mol. The lowest BCUT2D eigenvalue weighted by Crippen LogP contribution is -2.39. The van der Waals surface area contributed by atoms with Crippen LogP contribution in [0.15, 0.2) is 54.6 Å². The van der Waals surface area contributed by atoms with E-state index in [1.165, 1.54) is 42.5 Å². The molecule has 1 unspecified atom stereocenters. The van der Waals surface area contributed by atoms with Crippen molar-refractivity contribution >= 4 is 56.5 Å². The third-order valence-corrected chi connectivity index (χ3v) is 6.95. The van der Waals surface area contributed by atoms with Crippen LogP contribution in [0, 0.1) is 0 Å². The zero-order valence-corrected chi connectivity index (χ0v) is 18.1. The summed E-state index contributed by atoms with van der Waals surface area (Å²) in [5.74, 6) is -1.15. The largest absolute Gasteiger partial charge is 0.508 e. The highest BCUT2D eigenvalue weighted by Gasteiger charge is 2.53. The molecule has 0 radical (unpaired) electrons. The maximum atomic E-state index is 13.0. The van der Waals surface area contributed by atoms with E-state index in [-0.39, 0.29) is 31.2 Å². The molecule has 0 fully saturated rings. The summed E-state index contributed by atoms with van der Waals surface area (Å²) >= 11 is 24.7. The van der Waals surface area contributed by atoms with Crippen LogP contribution in [0.4, 0.5) is 0 Å². The van der Waals surface area contributed by atoms with Gasteiger partial charge < -0.3 is 10.2 Å². The molecule has 0 aliphatic heterocycles. The van der Waals surface area contributed by atoms with Gasteiger partial charge in [0.25, 0.3) is 10.1 Å². The van der Waals surface area contributed by atoms with Gasteiger partial charge in [0.05, 0.1) is 5.02 Å². The van der Waals surface area contributed by atoms with Crippen LogP contribution in [-0.4, -0.2) is 23.2 Å². The van der Waals surface area contributed by atoms with Crippen LogP contribution in [0.1, 0.15) is 16.7 Å². The number of aromatic hydroxyl groups is 2. The second-order valence-electron chi connectivity index (χ2n) is 6.09. The Bertz CT molecular complexity index is 1190. The lowest BCUT2D eigenvalue weighted by Gasteiger charge is -2.34. The first-order valence-corrected chi connectivity index (χ1v) is 10.8. The second-order valence-corrected chi connectivity index (χ2v) is 9.31. The van der Waals surface area contributed by atoms with Crippen molar-refractivity contribution in [1.29, 1.82) is 0 Å². The highest BCUT2D eigenvalue weighted by atomic mass is 35.5. The molecule has 5 nitrogen and oxygen atoms in total. The Morgan fingerprint density at radius 2 is 1.38 bits per heavy atom. The van der Waals surface area contributed by atoms with Gasteiger partial charge >= 0.3 is 0 Å². The van der Waals surface area contributed by atoms with E-state index in [1.807, 2.05) is 0 Å². The maximum Gasteiger partial charge on any atom is 0.283 e. The molecule has 0 saturated carbocycles. The van der Waals surface area contributed by atoms with Gasteiger partial charge in [-0.05, 0) is 35.9 Å². The van der Waals surface area contributed by atoms with Crippen LogP contribution in [0.3, 0.4) is 0 Å². The minimum absolute atomic E-state index is 0.0838. The van der Waals surface area contributed by atoms with Crippen molar-refractivity contribution < 1.29 is 23.2 Å². The molecule has 0 heterocycles. The second kappa shape index (κ2) is 7.87. The van der Waals surface area contributed by atoms with Crippen LogP contribution < -0.4 is 0 Å². The van der Waals surface area contributed by atoms with Gasteiger partial charge in [-0.15, -0.1) is 0 Å². The molecular weight excluding hydrogens is 482 g/mol. The first-order valence-electron chi connectivity index (χ1n) is 7.89. The molecule has 0 bridgehead atoms. The average Bonchev–Trinajstić information content (AvgIpc) is 2.60. The first kappa shape index (κ1) is 22.0. The van der Waals surface area contributed by atoms with Gasteiger partial charge in [-0.2, -0.15) is 8.42 Å². The maximum absolute atomic E-state index is 13.0. The van der Waals surface area contributed by atoms with E-state index >= 15 is 0 Å². The molecule has 0 saturated heterocycles. The normalized spacial score (nSPS) is 13.8. The molecule has 0 amide bonds. The van der Waals surface area contributed by atoms with Gasteiger partial charge in [-0.3, -0.25) is 4.55 Å². The zero-order valence-electron chi connectivity index (χ0n) is 14.3. The van der Waals surface area contributed by atoms with E-state index in [0.717, 1.165) is 12.1 Å². The predicted octanol–water partition coefficient (Wildman–Crippen LogP) is 5.89. The van der Waals surface area contributed by atoms with E-state index in [0.29, 0.717) is 0 Å². The average molecular weight is 494 g/mol. The molecular formula is C19H12Cl4O5S. The van der Waals surface area contributed by atoms with E-state index in [2.05, 4.69) is 0 Å². The Kier molecular flexibility index (Phi) is 5.98. The highest BCUT2D eigenvalue weighted by Crippen LogP contribution is 2.53. The molecule has 10 heteroatoms. The Morgan fingerprint density at radius 3 is 1.93 bits per heavy atom. The van der Waals surface area contributed by atoms with Crippen molar-refractivity contribution in [2.75, 3.05) is 0 Å². The fourth-order valence-corrected chi connectivity index (χ4v) is 5.78. The van der Waals surface area contributed by atoms with Crippen LogP contribution in [0.2, 0.25) is 20.1 Å². The molecule has 0 aliphatic rings. The number of hydrogen-bond donors (Lipinski definition) is 3. The van der Waals surface area contributed by atoms with Gasteiger partial charge in [0.2, 0.25) is 0 Å². The highest BCUT2D eigenvalue weighted by molar-refractivity contribution is 7.87. The van der Waals surface area contributed by atoms with Gasteiger partial charge in [-0.1, -0.05) is 64.6 Å². The smallest absolute Gasteiger partial charge is 0.283 e. The van der Waals surface area contributed by atoms with Crippen molar-refractivity contribution in [1.82, 2.24) is 0 Å². The van der Waals surface area contributed by atoms with Crippen molar-refractivity contribution in [3.05, 3.63) is 91.4 Å². The number of benzene rings is 3. The summed E-state index contributed by atoms with van der Waals surface area (Å²) in [5.41, 5.74) is -0.785. The minimum Gasteiger partial charge on any atom is -0.508 e. The predicted molar refractivity (Wildman–Crippen MR) is 114 cm³/mol. The van der Waals surface area contributed by atoms with Crippen molar-refractivity contribution in [2.45, 2.75) is 4.75 Å². The summed E-state index contributed by atoms with van der Waals surface area (Å²) in [6.45, 7) is 0. The zero-order chi connectivity index (χ0) is 21.6. The standard InChI is InChI=1S/C19H12Cl4O5S/c20-11-4-1-3-10(7-11)19(29(26,27)28,17-14(21)5-2-6-15(17)22)13-8-12(24)9-16(23)18(13)25/h1-9,24-25H,(H,26,27,28). The Hall–Kier alpha value is -1.67. The van der Waals surface area contributed by atoms with Crippen molar-refractivity contribution in [3.63, 3.8) is 0 Å². The van der Waals surface area contributed by atoms with Crippen molar-refractivity contribution in [2.24, 2.45) is 0 Å². The molecule has 0 aliphatic carbocycles. The summed E-state index contributed by atoms with van der Waals surface area (Å²) in [6, 6.07) is 11.8. The van der Waals surface area contributed by atoms with Gasteiger partial charge in [0.15, 0.2) is 4.75 Å². The third kappa shape index (κ3) is 3.65. The fourth-order valence-electron chi connectivity index (χ4n) is 3.25. The van der Waals surface area contributed by atoms with E-state index in [9.17, 15) is 23.2 Å². The Morgan fingerprint density at radius 1 is 0.793 bits per heavy atom. The summed E-state index contributed by atoms with van der Waals surface area (Å²) in [7, 11) is -5.16. The number of phenolic OH excluding ortho intramolecular Hbond substituents is 2. The van der Waals surface area contributed by atoms with Crippen LogP contribution >= 0.6 is 46.4 Å². The van der Waals surface area contributed by atoms with Crippen LogP contribution in [0.5, 0.6) is 11.5 Å². The Balaban J connectivity index is 2.68. The molecule has 0 spiro atoms. The SMILES string of the molecule is O=S(=O)(O)C(c1cccc(Cl)c1)(c1cc(O)cc(Cl)c1O)c1c(Cl)cccc1Cl. The molecule has 3 aromatic rings. The molecule has 3 N–H and O–H groups in total. The van der Waals surface area contributed by atoms with Crippen LogP contribution in [-0.2, 0) is 14.9 Å². The number of phenols is 2. The lowest BCUT2D eigenvalue weighted by molar-refractivity contribution is 0.435. The van der Waals surface area contributed by atoms with E-state index < -0.39 is 31.9 Å². The molecule has 3 aromatic carbocycles. The molecule has 1 atom stereocenters. The number of rotatable bonds is 4. The number of halogens is 4. The molecule has 3 rings (SSSR count). The van der Waals surface area contributed by atoms with Gasteiger partial charge in [0, 0.05) is 32.3 Å². The number of hydrogen-bond acceptors (Lipinski definition) is 4. The van der Waals surface area contributed by atoms with Crippen LogP contribution in [0.25, 0.3) is 0 Å². The first-order chi connectivity index (χ1) is 13.5. The Labute approximate surface area is 186 Å². The van der Waals surface area contributed by atoms with Gasteiger partial charge in [-0.25, -0.2) is 0 Å². The third-order valence-electron chi connectivity index (χ3n) is 4.36. The summed E-state index contributed by atoms with van der Waals surface area (Å²) in [5, 5.41) is 20.3. The van der Waals surface area contributed by atoms with Crippen molar-refractivity contribution in [3.8, 4) is 11.5 Å². The van der Waals surface area contributed by atoms with E-state index in [4.69, 9.17) is 46.4 Å². The molecule has 29 heavy (non-hydrogen) atoms. The molecule has 152 valence electrons. The summed E-state index contributed by atoms with van der Waals surface area (Å²) in [6.07, 6.45) is 0. The fraction of sp³-hybridized carbons (Fsp3) is 0.0526. The lowest BCUT2D eigenvalue weighted by atomic mass is 9.83. The summed E-state index contributed by atoms with van der Waals surface area (Å²) in [4.78, 5) is 0. The van der Waals surface area contributed by atoms with E-state index in [1.54, 1.807) is 0 Å². The minimum atomic E-state index is -5.16. The quantitative estimate of drug-likeness (QED) is 0.239. The summed E-state index contributed by atoms with van der Waals surface area (Å²) < 4.78 is 34.0. The molecule has 0 aromatic heterocycles. The topological polar surface area (TPSA) is 94.8 Å².